The fourth-order valence-corrected chi connectivity index (χ4v) is 3.24. The lowest BCUT2D eigenvalue weighted by Gasteiger charge is -2.32. The van der Waals surface area contributed by atoms with Gasteiger partial charge >= 0.3 is 0 Å². The Bertz CT molecular complexity index is 925. The highest BCUT2D eigenvalue weighted by Gasteiger charge is 2.34. The third-order valence-electron chi connectivity index (χ3n) is 4.68. The maximum Gasteiger partial charge on any atom is 0.294 e. The highest BCUT2D eigenvalue weighted by Crippen LogP contribution is 2.31. The van der Waals surface area contributed by atoms with E-state index in [0.717, 1.165) is 12.0 Å². The van der Waals surface area contributed by atoms with Crippen LogP contribution in [0.3, 0.4) is 0 Å². The molecular formula is C20H25N3O5. The number of amides is 1. The highest BCUT2D eigenvalue weighted by molar-refractivity contribution is 5.99. The number of rotatable bonds is 7. The first-order valence-electron chi connectivity index (χ1n) is 9.29. The minimum atomic E-state index is -0.666. The summed E-state index contributed by atoms with van der Waals surface area (Å²) in [4.78, 5) is 27.1. The molecule has 0 N–H and O–H groups in total. The number of anilines is 1. The lowest BCUT2D eigenvalue weighted by Crippen LogP contribution is -2.48. The van der Waals surface area contributed by atoms with Crippen molar-refractivity contribution in [1.29, 1.82) is 0 Å². The van der Waals surface area contributed by atoms with Crippen LogP contribution in [0.5, 0.6) is 17.2 Å². The number of aryl methyl sites for hydroxylation is 1. The first kappa shape index (κ1) is 19.7. The number of methoxy groups -OCH3 is 2. The van der Waals surface area contributed by atoms with Crippen molar-refractivity contribution in [2.24, 2.45) is 0 Å². The van der Waals surface area contributed by atoms with E-state index in [9.17, 15) is 9.59 Å². The van der Waals surface area contributed by atoms with Gasteiger partial charge in [0.05, 0.1) is 20.4 Å². The van der Waals surface area contributed by atoms with Crippen molar-refractivity contribution < 1.29 is 19.0 Å². The Balaban J connectivity index is 1.91. The van der Waals surface area contributed by atoms with Gasteiger partial charge in [-0.15, -0.1) is 0 Å². The van der Waals surface area contributed by atoms with E-state index in [4.69, 9.17) is 14.2 Å². The van der Waals surface area contributed by atoms with Crippen molar-refractivity contribution in [1.82, 2.24) is 9.78 Å². The van der Waals surface area contributed by atoms with Crippen molar-refractivity contribution in [3.8, 4) is 17.2 Å². The number of hydrogen-bond donors (Lipinski definition) is 0. The Labute approximate surface area is 163 Å². The molecule has 1 aromatic heterocycles. The van der Waals surface area contributed by atoms with Crippen molar-refractivity contribution in [3.63, 3.8) is 0 Å². The Morgan fingerprint density at radius 2 is 1.89 bits per heavy atom. The zero-order chi connectivity index (χ0) is 20.3. The minimum Gasteiger partial charge on any atom is -0.493 e. The van der Waals surface area contributed by atoms with E-state index in [1.165, 1.54) is 15.8 Å². The van der Waals surface area contributed by atoms with E-state index in [-0.39, 0.29) is 17.2 Å². The first-order chi connectivity index (χ1) is 13.5. The van der Waals surface area contributed by atoms with Crippen LogP contribution >= 0.6 is 0 Å². The topological polar surface area (TPSA) is 82.9 Å². The average Bonchev–Trinajstić information content (AvgIpc) is 2.70. The van der Waals surface area contributed by atoms with E-state index in [1.54, 1.807) is 21.1 Å². The molecule has 0 aliphatic carbocycles. The summed E-state index contributed by atoms with van der Waals surface area (Å²) in [5.41, 5.74) is 0.910. The number of aromatic nitrogens is 2. The van der Waals surface area contributed by atoms with E-state index in [2.05, 4.69) is 5.10 Å². The van der Waals surface area contributed by atoms with Crippen molar-refractivity contribution in [2.75, 3.05) is 25.7 Å². The summed E-state index contributed by atoms with van der Waals surface area (Å²) < 4.78 is 17.6. The van der Waals surface area contributed by atoms with Crippen molar-refractivity contribution >= 4 is 11.6 Å². The van der Waals surface area contributed by atoms with E-state index >= 15 is 0 Å². The Morgan fingerprint density at radius 3 is 2.57 bits per heavy atom. The fraction of sp³-hybridized carbons (Fsp3) is 0.450. The molecule has 0 saturated carbocycles. The van der Waals surface area contributed by atoms with Crippen LogP contribution in [-0.4, -0.2) is 42.6 Å². The molecule has 0 spiro atoms. The summed E-state index contributed by atoms with van der Waals surface area (Å²) in [5, 5.41) is 4.15. The number of nitrogens with zero attached hydrogens (tertiary/aromatic N) is 3. The van der Waals surface area contributed by atoms with Gasteiger partial charge in [-0.2, -0.15) is 5.10 Å². The molecule has 0 fully saturated rings. The van der Waals surface area contributed by atoms with Crippen molar-refractivity contribution in [2.45, 2.75) is 39.3 Å². The monoisotopic (exact) mass is 387 g/mol. The third kappa shape index (κ3) is 3.67. The van der Waals surface area contributed by atoms with E-state index < -0.39 is 6.10 Å². The molecule has 3 rings (SSSR count). The maximum atomic E-state index is 12.9. The highest BCUT2D eigenvalue weighted by atomic mass is 16.5. The summed E-state index contributed by atoms with van der Waals surface area (Å²) in [6.45, 7) is 4.47. The Morgan fingerprint density at radius 1 is 1.14 bits per heavy atom. The van der Waals surface area contributed by atoms with Gasteiger partial charge in [-0.3, -0.25) is 9.59 Å². The fourth-order valence-electron chi connectivity index (χ4n) is 3.24. The number of ether oxygens (including phenoxy) is 3. The molecule has 2 heterocycles. The van der Waals surface area contributed by atoms with Gasteiger partial charge < -0.3 is 19.1 Å². The third-order valence-corrected chi connectivity index (χ3v) is 4.68. The zero-order valence-corrected chi connectivity index (χ0v) is 16.6. The number of carbonyl (C=O) groups excluding carboxylic acids is 1. The number of carbonyl (C=O) groups is 1. The predicted molar refractivity (Wildman–Crippen MR) is 104 cm³/mol. The van der Waals surface area contributed by atoms with Gasteiger partial charge in [0.2, 0.25) is 0 Å². The normalized spacial score (nSPS) is 15.8. The molecule has 1 aliphatic rings. The van der Waals surface area contributed by atoms with Gasteiger partial charge in [-0.25, -0.2) is 4.68 Å². The molecule has 150 valence electrons. The summed E-state index contributed by atoms with van der Waals surface area (Å²) in [7, 11) is 3.16. The second kappa shape index (κ2) is 8.33. The van der Waals surface area contributed by atoms with Gasteiger partial charge in [-0.1, -0.05) is 13.0 Å². The van der Waals surface area contributed by atoms with Crippen LogP contribution in [0.25, 0.3) is 0 Å². The molecule has 0 saturated heterocycles. The van der Waals surface area contributed by atoms with Crippen molar-refractivity contribution in [3.05, 3.63) is 40.3 Å². The van der Waals surface area contributed by atoms with Crippen LogP contribution in [0, 0.1) is 0 Å². The Kier molecular flexibility index (Phi) is 5.87. The first-order valence-corrected chi connectivity index (χ1v) is 9.29. The van der Waals surface area contributed by atoms with Crippen LogP contribution in [-0.2, 0) is 17.8 Å². The molecule has 8 nitrogen and oxygen atoms in total. The van der Waals surface area contributed by atoms with Crippen LogP contribution in [0.1, 0.15) is 25.8 Å². The summed E-state index contributed by atoms with van der Waals surface area (Å²) >= 11 is 0. The van der Waals surface area contributed by atoms with Gasteiger partial charge in [0.1, 0.15) is 0 Å². The molecule has 8 heteroatoms. The largest absolute Gasteiger partial charge is 0.493 e. The second-order valence-corrected chi connectivity index (χ2v) is 6.58. The molecule has 1 aromatic carbocycles. The molecule has 1 aliphatic heterocycles. The molecule has 28 heavy (non-hydrogen) atoms. The predicted octanol–water partition coefficient (Wildman–Crippen LogP) is 2.03. The van der Waals surface area contributed by atoms with Gasteiger partial charge in [0.25, 0.3) is 11.5 Å². The van der Waals surface area contributed by atoms with E-state index in [1.807, 2.05) is 25.1 Å². The minimum absolute atomic E-state index is 0.237. The van der Waals surface area contributed by atoms with Crippen LogP contribution in [0.2, 0.25) is 0 Å². The molecule has 1 amide bonds. The van der Waals surface area contributed by atoms with Gasteiger partial charge in [0, 0.05) is 13.1 Å². The molecule has 2 aromatic rings. The Hall–Kier alpha value is -3.03. The summed E-state index contributed by atoms with van der Waals surface area (Å²) in [5.74, 6) is 1.37. The van der Waals surface area contributed by atoms with Crippen LogP contribution in [0.4, 0.5) is 5.69 Å². The zero-order valence-electron chi connectivity index (χ0n) is 16.6. The standard InChI is InChI=1S/C20H25N3O5/c1-5-9-23-20(25)18-17(12-21-23)28-13(2)19(24)22(18)10-8-14-6-7-15(26-3)16(11-14)27-4/h6-7,11-13H,5,8-10H2,1-4H3. The maximum absolute atomic E-state index is 12.9. The second-order valence-electron chi connectivity index (χ2n) is 6.58. The van der Waals surface area contributed by atoms with Gasteiger partial charge in [-0.05, 0) is 37.5 Å². The average molecular weight is 387 g/mol. The smallest absolute Gasteiger partial charge is 0.294 e. The molecule has 0 bridgehead atoms. The number of fused-ring (bicyclic) bond motifs is 1. The lowest BCUT2D eigenvalue weighted by molar-refractivity contribution is -0.125. The van der Waals surface area contributed by atoms with Crippen LogP contribution < -0.4 is 24.7 Å². The molecular weight excluding hydrogens is 362 g/mol. The lowest BCUT2D eigenvalue weighted by atomic mass is 10.1. The number of benzene rings is 1. The summed E-state index contributed by atoms with van der Waals surface area (Å²) in [6.07, 6.45) is 2.16. The summed E-state index contributed by atoms with van der Waals surface area (Å²) in [6, 6.07) is 5.61. The SMILES string of the molecule is CCCn1ncc2c(c1=O)N(CCc1ccc(OC)c(OC)c1)C(=O)C(C)O2. The van der Waals surface area contributed by atoms with E-state index in [0.29, 0.717) is 36.8 Å². The molecule has 1 atom stereocenters. The van der Waals surface area contributed by atoms with Crippen LogP contribution in [0.15, 0.2) is 29.2 Å². The van der Waals surface area contributed by atoms with Gasteiger partial charge in [0.15, 0.2) is 29.0 Å². The molecule has 0 radical (unpaired) electrons. The molecule has 1 unspecified atom stereocenters. The number of hydrogen-bond acceptors (Lipinski definition) is 6. The quantitative estimate of drug-likeness (QED) is 0.723.